The van der Waals surface area contributed by atoms with Gasteiger partial charge in [-0.15, -0.1) is 0 Å². The molecule has 0 aromatic rings. The quantitative estimate of drug-likeness (QED) is 0.757. The van der Waals surface area contributed by atoms with E-state index in [-0.39, 0.29) is 24.0 Å². The topological polar surface area (TPSA) is 40.5 Å². The second-order valence-electron chi connectivity index (χ2n) is 8.54. The molecule has 0 aromatic carbocycles. The van der Waals surface area contributed by atoms with E-state index >= 15 is 0 Å². The summed E-state index contributed by atoms with van der Waals surface area (Å²) in [6.07, 6.45) is 8.96. The van der Waals surface area contributed by atoms with Crippen LogP contribution in [0.1, 0.15) is 65.2 Å². The highest BCUT2D eigenvalue weighted by Gasteiger charge is 2.51. The molecule has 0 saturated heterocycles. The predicted octanol–water partition coefficient (Wildman–Crippen LogP) is 3.92. The summed E-state index contributed by atoms with van der Waals surface area (Å²) >= 11 is 0. The third-order valence-electron chi connectivity index (χ3n) is 7.74. The van der Waals surface area contributed by atoms with Crippen LogP contribution < -0.4 is 0 Å². The predicted molar refractivity (Wildman–Crippen MR) is 85.9 cm³/mol. The van der Waals surface area contributed by atoms with Crippen molar-refractivity contribution in [3.8, 4) is 0 Å². The lowest BCUT2D eigenvalue weighted by Crippen LogP contribution is -2.46. The van der Waals surface area contributed by atoms with Gasteiger partial charge in [-0.1, -0.05) is 26.0 Å². The molecule has 2 nitrogen and oxygen atoms in total. The minimum atomic E-state index is -0.199. The number of fused-ring (bicyclic) bond motifs is 1. The molecule has 0 aliphatic heterocycles. The average Bonchev–Trinajstić information content (AvgIpc) is 2.77. The molecule has 2 heteroatoms. The van der Waals surface area contributed by atoms with E-state index < -0.39 is 0 Å². The molecule has 3 aliphatic rings. The summed E-state index contributed by atoms with van der Waals surface area (Å²) in [5.74, 6) is 1.79. The largest absolute Gasteiger partial charge is 0.396 e. The molecule has 6 atom stereocenters. The summed E-state index contributed by atoms with van der Waals surface area (Å²) in [6.45, 7) is 9.38. The highest BCUT2D eigenvalue weighted by molar-refractivity contribution is 5.19. The Morgan fingerprint density at radius 1 is 1.10 bits per heavy atom. The van der Waals surface area contributed by atoms with Crippen molar-refractivity contribution >= 4 is 0 Å². The molecule has 2 unspecified atom stereocenters. The van der Waals surface area contributed by atoms with Gasteiger partial charge in [0, 0.05) is 6.61 Å². The van der Waals surface area contributed by atoms with Crippen LogP contribution >= 0.6 is 0 Å². The van der Waals surface area contributed by atoms with E-state index in [0.29, 0.717) is 11.3 Å². The zero-order valence-electron chi connectivity index (χ0n) is 13.8. The third-order valence-corrected chi connectivity index (χ3v) is 7.74. The van der Waals surface area contributed by atoms with Crippen molar-refractivity contribution in [1.82, 2.24) is 0 Å². The number of hydrogen-bond acceptors (Lipinski definition) is 2. The normalized spacial score (nSPS) is 51.0. The van der Waals surface area contributed by atoms with E-state index in [1.54, 1.807) is 0 Å². The second-order valence-corrected chi connectivity index (χ2v) is 8.54. The lowest BCUT2D eigenvalue weighted by Gasteiger charge is -2.52. The SMILES string of the molecule is C=C1CCC2CC([C@@]3(C)CC[C@H](O)C[C@@H]3CO)CC[C@]12C. The van der Waals surface area contributed by atoms with Gasteiger partial charge in [0.25, 0.3) is 0 Å². The summed E-state index contributed by atoms with van der Waals surface area (Å²) in [7, 11) is 0. The Balaban J connectivity index is 1.77. The van der Waals surface area contributed by atoms with Crippen molar-refractivity contribution in [3.63, 3.8) is 0 Å². The van der Waals surface area contributed by atoms with E-state index in [1.807, 2.05) is 0 Å². The molecule has 0 radical (unpaired) electrons. The Bertz CT molecular complexity index is 418. The summed E-state index contributed by atoms with van der Waals surface area (Å²) in [5, 5.41) is 19.8. The molecule has 0 amide bonds. The van der Waals surface area contributed by atoms with Crippen molar-refractivity contribution in [1.29, 1.82) is 0 Å². The van der Waals surface area contributed by atoms with Gasteiger partial charge in [0.2, 0.25) is 0 Å². The van der Waals surface area contributed by atoms with Gasteiger partial charge in [0.1, 0.15) is 0 Å². The standard InChI is InChI=1S/C19H32O2/c1-13-4-5-14-10-15(6-8-18(13,14)2)19(3)9-7-17(21)11-16(19)12-20/h14-17,20-21H,1,4-12H2,2-3H3/t14?,15?,16-,17+,18-,19-/m1/s1. The smallest absolute Gasteiger partial charge is 0.0544 e. The molecule has 0 heterocycles. The number of rotatable bonds is 2. The molecule has 3 rings (SSSR count). The van der Waals surface area contributed by atoms with E-state index in [2.05, 4.69) is 20.4 Å². The van der Waals surface area contributed by atoms with Crippen LogP contribution in [0.3, 0.4) is 0 Å². The molecule has 3 aliphatic carbocycles. The van der Waals surface area contributed by atoms with Crippen LogP contribution in [-0.2, 0) is 0 Å². The second kappa shape index (κ2) is 5.38. The summed E-state index contributed by atoms with van der Waals surface area (Å²) in [4.78, 5) is 0. The average molecular weight is 292 g/mol. The highest BCUT2D eigenvalue weighted by atomic mass is 16.3. The minimum absolute atomic E-state index is 0.199. The van der Waals surface area contributed by atoms with Gasteiger partial charge in [0.15, 0.2) is 0 Å². The van der Waals surface area contributed by atoms with Gasteiger partial charge in [-0.2, -0.15) is 0 Å². The van der Waals surface area contributed by atoms with Crippen LogP contribution in [0.4, 0.5) is 0 Å². The van der Waals surface area contributed by atoms with Crippen LogP contribution in [0.25, 0.3) is 0 Å². The zero-order chi connectivity index (χ0) is 15.3. The van der Waals surface area contributed by atoms with Crippen molar-refractivity contribution in [2.24, 2.45) is 28.6 Å². The zero-order valence-corrected chi connectivity index (χ0v) is 13.8. The first kappa shape index (κ1) is 15.6. The van der Waals surface area contributed by atoms with Crippen molar-refractivity contribution in [2.45, 2.75) is 71.3 Å². The van der Waals surface area contributed by atoms with E-state index in [9.17, 15) is 10.2 Å². The Kier molecular flexibility index (Phi) is 3.99. The molecule has 3 saturated carbocycles. The molecule has 0 spiro atoms. The Morgan fingerprint density at radius 2 is 1.86 bits per heavy atom. The molecular formula is C19H32O2. The Hall–Kier alpha value is -0.340. The third kappa shape index (κ3) is 2.39. The number of aliphatic hydroxyl groups excluding tert-OH is 2. The fraction of sp³-hybridized carbons (Fsp3) is 0.895. The van der Waals surface area contributed by atoms with E-state index in [4.69, 9.17) is 0 Å². The highest BCUT2D eigenvalue weighted by Crippen LogP contribution is 2.61. The first-order chi connectivity index (χ1) is 9.90. The first-order valence-electron chi connectivity index (χ1n) is 8.87. The maximum Gasteiger partial charge on any atom is 0.0544 e. The molecule has 2 N–H and O–H groups in total. The van der Waals surface area contributed by atoms with Crippen LogP contribution in [0.5, 0.6) is 0 Å². The maximum atomic E-state index is 9.94. The van der Waals surface area contributed by atoms with Gasteiger partial charge < -0.3 is 10.2 Å². The lowest BCUT2D eigenvalue weighted by atomic mass is 9.53. The summed E-state index contributed by atoms with van der Waals surface area (Å²) in [5.41, 5.74) is 2.09. The van der Waals surface area contributed by atoms with Gasteiger partial charge in [0.05, 0.1) is 6.10 Å². The monoisotopic (exact) mass is 292 g/mol. The van der Waals surface area contributed by atoms with Crippen LogP contribution in [-0.4, -0.2) is 22.9 Å². The van der Waals surface area contributed by atoms with Crippen LogP contribution in [0.2, 0.25) is 0 Å². The Morgan fingerprint density at radius 3 is 2.57 bits per heavy atom. The fourth-order valence-electron chi connectivity index (χ4n) is 5.75. The maximum absolute atomic E-state index is 9.94. The van der Waals surface area contributed by atoms with Gasteiger partial charge in [-0.25, -0.2) is 0 Å². The van der Waals surface area contributed by atoms with Crippen LogP contribution in [0.15, 0.2) is 12.2 Å². The van der Waals surface area contributed by atoms with Gasteiger partial charge in [-0.05, 0) is 80.0 Å². The lowest BCUT2D eigenvalue weighted by molar-refractivity contribution is -0.0661. The van der Waals surface area contributed by atoms with Crippen LogP contribution in [0, 0.1) is 28.6 Å². The van der Waals surface area contributed by atoms with E-state index in [0.717, 1.165) is 25.2 Å². The fourth-order valence-corrected chi connectivity index (χ4v) is 5.75. The summed E-state index contributed by atoms with van der Waals surface area (Å²) < 4.78 is 0. The number of hydrogen-bond donors (Lipinski definition) is 2. The van der Waals surface area contributed by atoms with Crippen molar-refractivity contribution < 1.29 is 10.2 Å². The van der Waals surface area contributed by atoms with Crippen molar-refractivity contribution in [3.05, 3.63) is 12.2 Å². The molecule has 120 valence electrons. The Labute approximate surface area is 129 Å². The number of allylic oxidation sites excluding steroid dienone is 1. The molecule has 21 heavy (non-hydrogen) atoms. The molecule has 0 bridgehead atoms. The van der Waals surface area contributed by atoms with Gasteiger partial charge in [-0.3, -0.25) is 0 Å². The van der Waals surface area contributed by atoms with Gasteiger partial charge >= 0.3 is 0 Å². The minimum Gasteiger partial charge on any atom is -0.396 e. The van der Waals surface area contributed by atoms with E-state index in [1.165, 1.54) is 37.7 Å². The molecular weight excluding hydrogens is 260 g/mol. The summed E-state index contributed by atoms with van der Waals surface area (Å²) in [6, 6.07) is 0. The molecule has 0 aromatic heterocycles. The molecule has 3 fully saturated rings. The van der Waals surface area contributed by atoms with Crippen molar-refractivity contribution in [2.75, 3.05) is 6.61 Å². The number of aliphatic hydroxyl groups is 2. The first-order valence-corrected chi connectivity index (χ1v) is 8.87.